The number of nitrogens with two attached hydrogens (primary N) is 1. The molecule has 0 aromatic heterocycles. The second-order valence-electron chi connectivity index (χ2n) is 3.30. The highest BCUT2D eigenvalue weighted by atomic mass is 35.5. The van der Waals surface area contributed by atoms with Crippen LogP contribution >= 0.6 is 11.6 Å². The van der Waals surface area contributed by atoms with Crippen LogP contribution in [0.25, 0.3) is 0 Å². The molecule has 1 unspecified atom stereocenters. The van der Waals surface area contributed by atoms with E-state index in [2.05, 4.69) is 5.16 Å². The van der Waals surface area contributed by atoms with Gasteiger partial charge in [-0.25, -0.2) is 4.39 Å². The van der Waals surface area contributed by atoms with Crippen LogP contribution in [0, 0.1) is 5.82 Å². The lowest BCUT2D eigenvalue weighted by Crippen LogP contribution is -2.20. The molecule has 0 fully saturated rings. The van der Waals surface area contributed by atoms with Crippen LogP contribution in [0.2, 0.25) is 5.02 Å². The predicted octanol–water partition coefficient (Wildman–Crippen LogP) is 1.93. The van der Waals surface area contributed by atoms with Crippen LogP contribution in [0.1, 0.15) is 12.0 Å². The summed E-state index contributed by atoms with van der Waals surface area (Å²) in [6.45, 7) is 0.360. The first-order valence-electron chi connectivity index (χ1n) is 4.59. The molecule has 0 spiro atoms. The molecular weight excluding hydrogens is 219 g/mol. The van der Waals surface area contributed by atoms with Crippen LogP contribution in [0.3, 0.4) is 0 Å². The lowest BCUT2D eigenvalue weighted by molar-refractivity contribution is 0.0918. The van der Waals surface area contributed by atoms with Gasteiger partial charge in [0.25, 0.3) is 0 Å². The zero-order chi connectivity index (χ0) is 10.8. The standard InChI is InChI=1S/C10H10ClFN2O/c11-7-2-1-3-8(12)10(7)9-4-6(5-13)15-14-9/h1-3,6H,4-5,13H2. The molecule has 0 amide bonds. The summed E-state index contributed by atoms with van der Waals surface area (Å²) < 4.78 is 13.5. The van der Waals surface area contributed by atoms with Crippen molar-refractivity contribution >= 4 is 17.3 Å². The predicted molar refractivity (Wildman–Crippen MR) is 56.5 cm³/mol. The molecular formula is C10H10ClFN2O. The summed E-state index contributed by atoms with van der Waals surface area (Å²) in [5.74, 6) is -0.387. The topological polar surface area (TPSA) is 47.6 Å². The molecule has 5 heteroatoms. The number of hydrogen-bond donors (Lipinski definition) is 1. The molecule has 3 nitrogen and oxygen atoms in total. The van der Waals surface area contributed by atoms with Gasteiger partial charge in [0.1, 0.15) is 11.9 Å². The van der Waals surface area contributed by atoms with Crippen molar-refractivity contribution in [3.8, 4) is 0 Å². The molecule has 1 aliphatic heterocycles. The molecule has 1 aliphatic rings. The number of nitrogens with zero attached hydrogens (tertiary/aromatic N) is 1. The summed E-state index contributed by atoms with van der Waals surface area (Å²) in [6.07, 6.45) is 0.327. The van der Waals surface area contributed by atoms with E-state index in [1.807, 2.05) is 0 Å². The van der Waals surface area contributed by atoms with Gasteiger partial charge in [0.05, 0.1) is 16.3 Å². The van der Waals surface area contributed by atoms with Gasteiger partial charge < -0.3 is 10.6 Å². The van der Waals surface area contributed by atoms with E-state index in [0.29, 0.717) is 29.3 Å². The average Bonchev–Trinajstić information content (AvgIpc) is 2.66. The maximum atomic E-state index is 13.5. The van der Waals surface area contributed by atoms with E-state index < -0.39 is 0 Å². The molecule has 2 rings (SSSR count). The molecule has 0 saturated carbocycles. The van der Waals surface area contributed by atoms with Gasteiger partial charge in [-0.3, -0.25) is 0 Å². The molecule has 1 aromatic rings. The smallest absolute Gasteiger partial charge is 0.145 e. The Hall–Kier alpha value is -1.13. The highest BCUT2D eigenvalue weighted by Gasteiger charge is 2.24. The van der Waals surface area contributed by atoms with E-state index >= 15 is 0 Å². The Morgan fingerprint density at radius 1 is 1.60 bits per heavy atom. The third-order valence-corrected chi connectivity index (χ3v) is 2.56. The number of halogens is 2. The van der Waals surface area contributed by atoms with Crippen LogP contribution in [0.15, 0.2) is 23.4 Å². The monoisotopic (exact) mass is 228 g/mol. The summed E-state index contributed by atoms with van der Waals surface area (Å²) in [5, 5.41) is 4.13. The molecule has 1 atom stereocenters. The Kier molecular flexibility index (Phi) is 2.88. The third kappa shape index (κ3) is 1.96. The van der Waals surface area contributed by atoms with Gasteiger partial charge in [-0.05, 0) is 12.1 Å². The Balaban J connectivity index is 2.31. The van der Waals surface area contributed by atoms with Gasteiger partial charge in [0, 0.05) is 13.0 Å². The van der Waals surface area contributed by atoms with E-state index in [4.69, 9.17) is 22.2 Å². The van der Waals surface area contributed by atoms with Gasteiger partial charge in [-0.15, -0.1) is 0 Å². The average molecular weight is 229 g/mol. The molecule has 2 N–H and O–H groups in total. The SMILES string of the molecule is NCC1CC(c2c(F)cccc2Cl)=NO1. The molecule has 1 aromatic carbocycles. The van der Waals surface area contributed by atoms with Crippen molar-refractivity contribution in [2.75, 3.05) is 6.54 Å². The van der Waals surface area contributed by atoms with Crippen LogP contribution in [-0.2, 0) is 4.84 Å². The fourth-order valence-corrected chi connectivity index (χ4v) is 1.75. The summed E-state index contributed by atoms with van der Waals surface area (Å²) >= 11 is 5.89. The number of benzene rings is 1. The van der Waals surface area contributed by atoms with Gasteiger partial charge in [-0.2, -0.15) is 0 Å². The molecule has 0 bridgehead atoms. The summed E-state index contributed by atoms with van der Waals surface area (Å²) in [4.78, 5) is 5.02. The minimum Gasteiger partial charge on any atom is -0.390 e. The van der Waals surface area contributed by atoms with Crippen LogP contribution < -0.4 is 5.73 Å². The number of hydrogen-bond acceptors (Lipinski definition) is 3. The van der Waals surface area contributed by atoms with Crippen molar-refractivity contribution in [1.29, 1.82) is 0 Å². The van der Waals surface area contributed by atoms with Crippen molar-refractivity contribution in [3.63, 3.8) is 0 Å². The van der Waals surface area contributed by atoms with Crippen molar-refractivity contribution in [3.05, 3.63) is 34.6 Å². The van der Waals surface area contributed by atoms with E-state index in [0.717, 1.165) is 0 Å². The largest absolute Gasteiger partial charge is 0.390 e. The highest BCUT2D eigenvalue weighted by Crippen LogP contribution is 2.24. The van der Waals surface area contributed by atoms with Crippen LogP contribution in [-0.4, -0.2) is 18.4 Å². The second kappa shape index (κ2) is 4.16. The molecule has 0 aliphatic carbocycles. The van der Waals surface area contributed by atoms with Crippen molar-refractivity contribution < 1.29 is 9.23 Å². The fraction of sp³-hybridized carbons (Fsp3) is 0.300. The maximum Gasteiger partial charge on any atom is 0.145 e. The lowest BCUT2D eigenvalue weighted by atomic mass is 10.0. The molecule has 0 saturated heterocycles. The van der Waals surface area contributed by atoms with Gasteiger partial charge in [-0.1, -0.05) is 22.8 Å². The lowest BCUT2D eigenvalue weighted by Gasteiger charge is -2.04. The Morgan fingerprint density at radius 3 is 3.00 bits per heavy atom. The van der Waals surface area contributed by atoms with Gasteiger partial charge in [0.15, 0.2) is 0 Å². The summed E-state index contributed by atoms with van der Waals surface area (Å²) in [5.41, 5.74) is 6.26. The van der Waals surface area contributed by atoms with E-state index in [-0.39, 0.29) is 11.9 Å². The summed E-state index contributed by atoms with van der Waals surface area (Å²) in [7, 11) is 0. The minimum atomic E-state index is -0.387. The van der Waals surface area contributed by atoms with Gasteiger partial charge >= 0.3 is 0 Å². The zero-order valence-electron chi connectivity index (χ0n) is 7.91. The summed E-state index contributed by atoms with van der Waals surface area (Å²) in [6, 6.07) is 4.52. The third-order valence-electron chi connectivity index (χ3n) is 2.25. The first-order valence-corrected chi connectivity index (χ1v) is 4.97. The quantitative estimate of drug-likeness (QED) is 0.841. The number of rotatable bonds is 2. The Labute approximate surface area is 91.7 Å². The molecule has 80 valence electrons. The maximum absolute atomic E-state index is 13.5. The fourth-order valence-electron chi connectivity index (χ4n) is 1.48. The van der Waals surface area contributed by atoms with E-state index in [1.54, 1.807) is 12.1 Å². The highest BCUT2D eigenvalue weighted by molar-refractivity contribution is 6.34. The van der Waals surface area contributed by atoms with Crippen molar-refractivity contribution in [1.82, 2.24) is 0 Å². The van der Waals surface area contributed by atoms with Gasteiger partial charge in [0.2, 0.25) is 0 Å². The normalized spacial score (nSPS) is 19.9. The van der Waals surface area contributed by atoms with Crippen molar-refractivity contribution in [2.45, 2.75) is 12.5 Å². The zero-order valence-corrected chi connectivity index (χ0v) is 8.67. The Morgan fingerprint density at radius 2 is 2.40 bits per heavy atom. The van der Waals surface area contributed by atoms with E-state index in [1.165, 1.54) is 6.07 Å². The van der Waals surface area contributed by atoms with E-state index in [9.17, 15) is 4.39 Å². The molecule has 0 radical (unpaired) electrons. The molecule has 1 heterocycles. The van der Waals surface area contributed by atoms with Crippen molar-refractivity contribution in [2.24, 2.45) is 10.9 Å². The number of oxime groups is 1. The first-order chi connectivity index (χ1) is 7.22. The van der Waals surface area contributed by atoms with Crippen LogP contribution in [0.4, 0.5) is 4.39 Å². The second-order valence-corrected chi connectivity index (χ2v) is 3.71. The first kappa shape index (κ1) is 10.4. The minimum absolute atomic E-state index is 0.171. The molecule has 15 heavy (non-hydrogen) atoms. The van der Waals surface area contributed by atoms with Crippen LogP contribution in [0.5, 0.6) is 0 Å². The Bertz CT molecular complexity index is 388.